The van der Waals surface area contributed by atoms with Crippen LogP contribution < -0.4 is 10.6 Å². The van der Waals surface area contributed by atoms with Gasteiger partial charge >= 0.3 is 0 Å². The third-order valence-electron chi connectivity index (χ3n) is 4.27. The maximum atomic E-state index is 12.2. The smallest absolute Gasteiger partial charge is 0.223 e. The molecular formula is C16H23BrN2O. The lowest BCUT2D eigenvalue weighted by Crippen LogP contribution is -2.37. The zero-order valence-corrected chi connectivity index (χ0v) is 13.8. The van der Waals surface area contributed by atoms with Gasteiger partial charge in [0.1, 0.15) is 0 Å². The van der Waals surface area contributed by atoms with Crippen LogP contribution >= 0.6 is 15.9 Å². The average Bonchev–Trinajstić information content (AvgIpc) is 2.48. The first-order valence-electron chi connectivity index (χ1n) is 7.30. The van der Waals surface area contributed by atoms with Crippen molar-refractivity contribution in [2.45, 2.75) is 45.2 Å². The molecule has 110 valence electrons. The highest BCUT2D eigenvalue weighted by molar-refractivity contribution is 9.10. The topological polar surface area (TPSA) is 41.1 Å². The molecule has 1 aromatic rings. The Morgan fingerprint density at radius 3 is 2.65 bits per heavy atom. The first-order valence-corrected chi connectivity index (χ1v) is 8.09. The Labute approximate surface area is 129 Å². The maximum Gasteiger partial charge on any atom is 0.223 e. The number of hydrogen-bond donors (Lipinski definition) is 2. The number of amides is 1. The van der Waals surface area contributed by atoms with Crippen LogP contribution in [-0.4, -0.2) is 19.0 Å². The maximum absolute atomic E-state index is 12.2. The Kier molecular flexibility index (Phi) is 5.61. The molecule has 0 aromatic heterocycles. The normalized spacial score (nSPS) is 22.6. The number of hydrogen-bond acceptors (Lipinski definition) is 2. The van der Waals surface area contributed by atoms with Gasteiger partial charge in [-0.1, -0.05) is 22.0 Å². The molecule has 1 amide bonds. The van der Waals surface area contributed by atoms with Crippen molar-refractivity contribution in [2.24, 2.45) is 5.92 Å². The van der Waals surface area contributed by atoms with Crippen LogP contribution in [0.2, 0.25) is 0 Å². The van der Waals surface area contributed by atoms with Gasteiger partial charge in [0.15, 0.2) is 0 Å². The van der Waals surface area contributed by atoms with Crippen LogP contribution in [-0.2, 0) is 11.3 Å². The van der Waals surface area contributed by atoms with Crippen molar-refractivity contribution in [1.29, 1.82) is 0 Å². The van der Waals surface area contributed by atoms with Gasteiger partial charge in [-0.15, -0.1) is 0 Å². The van der Waals surface area contributed by atoms with E-state index in [1.807, 2.05) is 13.1 Å². The van der Waals surface area contributed by atoms with Gasteiger partial charge in [-0.3, -0.25) is 4.79 Å². The van der Waals surface area contributed by atoms with E-state index in [2.05, 4.69) is 45.6 Å². The zero-order chi connectivity index (χ0) is 14.5. The lowest BCUT2D eigenvalue weighted by Gasteiger charge is -2.27. The quantitative estimate of drug-likeness (QED) is 0.885. The molecule has 1 aliphatic rings. The Morgan fingerprint density at radius 1 is 1.30 bits per heavy atom. The fourth-order valence-corrected chi connectivity index (χ4v) is 3.21. The summed E-state index contributed by atoms with van der Waals surface area (Å²) in [6, 6.07) is 6.77. The van der Waals surface area contributed by atoms with E-state index >= 15 is 0 Å². The molecule has 0 aliphatic heterocycles. The molecule has 1 fully saturated rings. The Bertz CT molecular complexity index is 468. The number of carbonyl (C=O) groups excluding carboxylic acids is 1. The second-order valence-corrected chi connectivity index (χ2v) is 6.54. The van der Waals surface area contributed by atoms with Gasteiger partial charge in [0.25, 0.3) is 0 Å². The molecule has 0 atom stereocenters. The fraction of sp³-hybridized carbons (Fsp3) is 0.562. The monoisotopic (exact) mass is 338 g/mol. The van der Waals surface area contributed by atoms with E-state index < -0.39 is 0 Å². The van der Waals surface area contributed by atoms with Gasteiger partial charge < -0.3 is 10.6 Å². The number of rotatable bonds is 4. The van der Waals surface area contributed by atoms with Crippen LogP contribution in [0.5, 0.6) is 0 Å². The minimum absolute atomic E-state index is 0.187. The third-order valence-corrected chi connectivity index (χ3v) is 4.76. The minimum Gasteiger partial charge on any atom is -0.352 e. The van der Waals surface area contributed by atoms with Crippen LogP contribution in [0.15, 0.2) is 22.7 Å². The van der Waals surface area contributed by atoms with E-state index in [1.165, 1.54) is 11.1 Å². The summed E-state index contributed by atoms with van der Waals surface area (Å²) in [5.74, 6) is 0.394. The number of carbonyl (C=O) groups is 1. The molecule has 1 aromatic carbocycles. The first-order chi connectivity index (χ1) is 9.60. The molecule has 2 rings (SSSR count). The van der Waals surface area contributed by atoms with Crippen molar-refractivity contribution in [2.75, 3.05) is 7.05 Å². The summed E-state index contributed by atoms with van der Waals surface area (Å²) < 4.78 is 1.06. The lowest BCUT2D eigenvalue weighted by molar-refractivity contribution is -0.126. The molecule has 0 bridgehead atoms. The van der Waals surface area contributed by atoms with E-state index in [0.717, 1.165) is 30.2 Å². The van der Waals surface area contributed by atoms with Crippen molar-refractivity contribution >= 4 is 21.8 Å². The fourth-order valence-electron chi connectivity index (χ4n) is 2.80. The molecule has 2 N–H and O–H groups in total. The summed E-state index contributed by atoms with van der Waals surface area (Å²) in [5, 5.41) is 6.39. The van der Waals surface area contributed by atoms with Gasteiger partial charge in [0.2, 0.25) is 5.91 Å². The standard InChI is InChI=1S/C16H23BrN2O/c1-11-3-6-14(17)9-13(11)10-19-16(20)12-4-7-15(18-2)8-5-12/h3,6,9,12,15,18H,4-5,7-8,10H2,1-2H3,(H,19,20). The van der Waals surface area contributed by atoms with Crippen molar-refractivity contribution < 1.29 is 4.79 Å². The second-order valence-electron chi connectivity index (χ2n) is 5.63. The number of benzene rings is 1. The van der Waals surface area contributed by atoms with Gasteiger partial charge in [-0.2, -0.15) is 0 Å². The van der Waals surface area contributed by atoms with E-state index in [9.17, 15) is 4.79 Å². The molecule has 4 heteroatoms. The summed E-state index contributed by atoms with van der Waals surface area (Å²) in [4.78, 5) is 12.2. The Balaban J connectivity index is 1.85. The van der Waals surface area contributed by atoms with Gasteiger partial charge in [-0.25, -0.2) is 0 Å². The van der Waals surface area contributed by atoms with Gasteiger partial charge in [-0.05, 0) is 62.9 Å². The summed E-state index contributed by atoms with van der Waals surface area (Å²) in [5.41, 5.74) is 2.39. The molecule has 0 heterocycles. The molecule has 1 aliphatic carbocycles. The van der Waals surface area contributed by atoms with E-state index in [4.69, 9.17) is 0 Å². The summed E-state index contributed by atoms with van der Waals surface area (Å²) in [7, 11) is 2.00. The highest BCUT2D eigenvalue weighted by atomic mass is 79.9. The van der Waals surface area contributed by atoms with Crippen LogP contribution in [0, 0.1) is 12.8 Å². The first kappa shape index (κ1) is 15.5. The largest absolute Gasteiger partial charge is 0.352 e. The van der Waals surface area contributed by atoms with Crippen LogP contribution in [0.4, 0.5) is 0 Å². The van der Waals surface area contributed by atoms with Crippen molar-refractivity contribution in [1.82, 2.24) is 10.6 Å². The van der Waals surface area contributed by atoms with Crippen LogP contribution in [0.3, 0.4) is 0 Å². The van der Waals surface area contributed by atoms with E-state index in [0.29, 0.717) is 12.6 Å². The average molecular weight is 339 g/mol. The molecule has 0 spiro atoms. The highest BCUT2D eigenvalue weighted by Gasteiger charge is 2.25. The Morgan fingerprint density at radius 2 is 2.00 bits per heavy atom. The minimum atomic E-state index is 0.187. The summed E-state index contributed by atoms with van der Waals surface area (Å²) in [6.07, 6.45) is 4.19. The third kappa shape index (κ3) is 4.06. The van der Waals surface area contributed by atoms with Crippen molar-refractivity contribution in [3.8, 4) is 0 Å². The molecule has 20 heavy (non-hydrogen) atoms. The molecule has 0 radical (unpaired) electrons. The van der Waals surface area contributed by atoms with Crippen molar-refractivity contribution in [3.05, 3.63) is 33.8 Å². The van der Waals surface area contributed by atoms with Crippen LogP contribution in [0.1, 0.15) is 36.8 Å². The number of aryl methyl sites for hydroxylation is 1. The second kappa shape index (κ2) is 7.23. The van der Waals surface area contributed by atoms with Crippen LogP contribution in [0.25, 0.3) is 0 Å². The predicted molar refractivity (Wildman–Crippen MR) is 85.5 cm³/mol. The molecule has 1 saturated carbocycles. The Hall–Kier alpha value is -0.870. The van der Waals surface area contributed by atoms with E-state index in [1.54, 1.807) is 0 Å². The zero-order valence-electron chi connectivity index (χ0n) is 12.2. The molecule has 3 nitrogen and oxygen atoms in total. The van der Waals surface area contributed by atoms with Crippen molar-refractivity contribution in [3.63, 3.8) is 0 Å². The SMILES string of the molecule is CNC1CCC(C(=O)NCc2cc(Br)ccc2C)CC1. The predicted octanol–water partition coefficient (Wildman–Crippen LogP) is 3.15. The van der Waals surface area contributed by atoms with Gasteiger partial charge in [0.05, 0.1) is 0 Å². The molecular weight excluding hydrogens is 316 g/mol. The summed E-state index contributed by atoms with van der Waals surface area (Å²) in [6.45, 7) is 2.70. The van der Waals surface area contributed by atoms with Gasteiger partial charge in [0, 0.05) is 23.0 Å². The lowest BCUT2D eigenvalue weighted by atomic mass is 9.85. The molecule has 0 unspecified atom stereocenters. The highest BCUT2D eigenvalue weighted by Crippen LogP contribution is 2.24. The number of nitrogens with one attached hydrogen (secondary N) is 2. The number of halogens is 1. The molecule has 0 saturated heterocycles. The van der Waals surface area contributed by atoms with E-state index in [-0.39, 0.29) is 11.8 Å². The summed E-state index contributed by atoms with van der Waals surface area (Å²) >= 11 is 3.47.